The Morgan fingerprint density at radius 2 is 1.50 bits per heavy atom. The smallest absolute Gasteiger partial charge is 0.780 e. The quantitative estimate of drug-likeness (QED) is 0.199. The van der Waals surface area contributed by atoms with E-state index < -0.39 is 13.6 Å². The second-order valence-electron chi connectivity index (χ2n) is 5.96. The van der Waals surface area contributed by atoms with Crippen molar-refractivity contribution in [2.24, 2.45) is 0 Å². The van der Waals surface area contributed by atoms with Crippen LogP contribution in [0.3, 0.4) is 0 Å². The number of carbonyl (C=O) groups excluding carboxylic acids is 1. The first-order chi connectivity index (χ1) is 14.2. The molecule has 1 aromatic heterocycles. The van der Waals surface area contributed by atoms with Crippen molar-refractivity contribution in [3.8, 4) is 28.7 Å². The van der Waals surface area contributed by atoms with Crippen LogP contribution in [0.4, 0.5) is 0 Å². The van der Waals surface area contributed by atoms with Gasteiger partial charge in [-0.25, -0.2) is 4.98 Å². The predicted molar refractivity (Wildman–Crippen MR) is 101 cm³/mol. The maximum atomic E-state index is 12.9. The summed E-state index contributed by atoms with van der Waals surface area (Å²) < 4.78 is 30.8. The number of aromatic nitrogens is 1. The van der Waals surface area contributed by atoms with Gasteiger partial charge in [-0.1, -0.05) is 0 Å². The molecule has 0 saturated heterocycles. The summed E-state index contributed by atoms with van der Waals surface area (Å²) in [6.45, 7) is 0. The number of phosphoric ester groups is 1. The molecule has 3 aromatic rings. The normalized spacial score (nSPS) is 10.5. The second kappa shape index (κ2) is 11.7. The minimum Gasteiger partial charge on any atom is -0.780 e. The molecule has 0 spiro atoms. The van der Waals surface area contributed by atoms with E-state index >= 15 is 0 Å². The number of phosphoric acid groups is 1. The zero-order chi connectivity index (χ0) is 22.1. The predicted octanol–water partition coefficient (Wildman–Crippen LogP) is -4.59. The summed E-state index contributed by atoms with van der Waals surface area (Å²) in [7, 11) is -1.42. The SMILES string of the molecule is COc1cc(C(=O)c2ccc3c(OP(=O)([O-])[O-])c(OC)ccc3n2)cc(OC)c1O.[Na+].[Na+]. The second-order valence-corrected chi connectivity index (χ2v) is 7.03. The summed E-state index contributed by atoms with van der Waals surface area (Å²) in [5, 5.41) is 10.2. The minimum absolute atomic E-state index is 0. The molecule has 0 saturated carbocycles. The van der Waals surface area contributed by atoms with E-state index in [4.69, 9.17) is 14.2 Å². The maximum absolute atomic E-state index is 12.9. The Kier molecular flexibility index (Phi) is 10.5. The third kappa shape index (κ3) is 6.17. The number of hydrogen-bond acceptors (Lipinski definition) is 10. The largest absolute Gasteiger partial charge is 1.00 e. The number of benzene rings is 2. The number of fused-ring (bicyclic) bond motifs is 1. The van der Waals surface area contributed by atoms with Gasteiger partial charge in [-0.15, -0.1) is 0 Å². The van der Waals surface area contributed by atoms with Gasteiger partial charge >= 0.3 is 59.1 Å². The molecule has 0 atom stereocenters. The van der Waals surface area contributed by atoms with E-state index in [-0.39, 0.29) is 110 Å². The van der Waals surface area contributed by atoms with Crippen LogP contribution in [-0.4, -0.2) is 37.2 Å². The topological polar surface area (TPSA) is 150 Å². The first kappa shape index (κ1) is 28.7. The molecule has 13 heteroatoms. The van der Waals surface area contributed by atoms with E-state index in [1.807, 2.05) is 0 Å². The van der Waals surface area contributed by atoms with Crippen molar-refractivity contribution in [1.82, 2.24) is 4.98 Å². The van der Waals surface area contributed by atoms with Gasteiger partial charge in [-0.05, 0) is 36.4 Å². The molecule has 32 heavy (non-hydrogen) atoms. The van der Waals surface area contributed by atoms with Crippen LogP contribution in [0.2, 0.25) is 0 Å². The molecule has 0 bridgehead atoms. The van der Waals surface area contributed by atoms with Crippen LogP contribution in [0, 0.1) is 0 Å². The van der Waals surface area contributed by atoms with Gasteiger partial charge in [-0.2, -0.15) is 0 Å². The van der Waals surface area contributed by atoms with Gasteiger partial charge in [0.2, 0.25) is 11.5 Å². The Morgan fingerprint density at radius 3 is 2.00 bits per heavy atom. The van der Waals surface area contributed by atoms with E-state index in [0.29, 0.717) is 0 Å². The van der Waals surface area contributed by atoms with Crippen molar-refractivity contribution in [3.05, 3.63) is 47.7 Å². The van der Waals surface area contributed by atoms with Gasteiger partial charge in [0.25, 0.3) is 0 Å². The van der Waals surface area contributed by atoms with Crippen molar-refractivity contribution in [2.45, 2.75) is 0 Å². The molecular formula is C19H16NNa2O9P. The number of phenolic OH excluding ortho intramolecular Hbond substituents is 1. The first-order valence-electron chi connectivity index (χ1n) is 8.37. The minimum atomic E-state index is -5.36. The van der Waals surface area contributed by atoms with Gasteiger partial charge in [0.1, 0.15) is 13.5 Å². The number of carbonyl (C=O) groups is 1. The summed E-state index contributed by atoms with van der Waals surface area (Å²) in [6.07, 6.45) is 0. The van der Waals surface area contributed by atoms with Gasteiger partial charge in [0.05, 0.1) is 26.8 Å². The molecule has 0 fully saturated rings. The number of nitrogens with zero attached hydrogens (tertiary/aromatic N) is 1. The standard InChI is InChI=1S/C19H18NO9P.2Na/c1-26-14-7-6-12-11(19(14)29-30(23,24)25)4-5-13(20-12)17(21)10-8-15(27-2)18(22)16(9-10)28-3;;/h4-9,22H,1-3H3,(H2,23,24,25);;/q;2*+1/p-2. The van der Waals surface area contributed by atoms with Crippen LogP contribution in [0.25, 0.3) is 10.9 Å². The maximum Gasteiger partial charge on any atom is 1.00 e. The van der Waals surface area contributed by atoms with Gasteiger partial charge in [-0.3, -0.25) is 4.79 Å². The summed E-state index contributed by atoms with van der Waals surface area (Å²) in [5.74, 6) is -0.978. The van der Waals surface area contributed by atoms with Crippen LogP contribution < -0.4 is 87.6 Å². The molecule has 0 aliphatic rings. The first-order valence-corrected chi connectivity index (χ1v) is 9.83. The Labute approximate surface area is 227 Å². The van der Waals surface area contributed by atoms with E-state index in [0.717, 1.165) is 0 Å². The number of ketones is 1. The van der Waals surface area contributed by atoms with Gasteiger partial charge in [0, 0.05) is 10.9 Å². The average molecular weight is 479 g/mol. The molecule has 1 heterocycles. The van der Waals surface area contributed by atoms with E-state index in [9.17, 15) is 24.3 Å². The molecule has 158 valence electrons. The number of hydrogen-bond donors (Lipinski definition) is 1. The molecule has 0 aliphatic carbocycles. The number of methoxy groups -OCH3 is 3. The Hall–Kier alpha value is -1.33. The zero-order valence-electron chi connectivity index (χ0n) is 18.1. The third-order valence-electron chi connectivity index (χ3n) is 4.18. The van der Waals surface area contributed by atoms with Crippen molar-refractivity contribution in [2.75, 3.05) is 21.3 Å². The summed E-state index contributed by atoms with van der Waals surface area (Å²) in [4.78, 5) is 39.3. The summed E-state index contributed by atoms with van der Waals surface area (Å²) >= 11 is 0. The fourth-order valence-electron chi connectivity index (χ4n) is 2.82. The van der Waals surface area contributed by atoms with Crippen LogP contribution in [-0.2, 0) is 4.57 Å². The molecule has 2 aromatic carbocycles. The van der Waals surface area contributed by atoms with Crippen LogP contribution >= 0.6 is 7.82 Å². The third-order valence-corrected chi connectivity index (χ3v) is 4.59. The molecule has 3 rings (SSSR count). The number of pyridine rings is 1. The summed E-state index contributed by atoms with van der Waals surface area (Å²) in [5.41, 5.74) is 0.352. The molecule has 1 N–H and O–H groups in total. The average Bonchev–Trinajstić information content (AvgIpc) is 2.72. The molecule has 10 nitrogen and oxygen atoms in total. The molecular weight excluding hydrogens is 463 g/mol. The van der Waals surface area contributed by atoms with Gasteiger partial charge in [0.15, 0.2) is 23.0 Å². The number of rotatable bonds is 7. The van der Waals surface area contributed by atoms with Crippen molar-refractivity contribution in [1.29, 1.82) is 0 Å². The molecule has 0 aliphatic heterocycles. The summed E-state index contributed by atoms with van der Waals surface area (Å²) in [6, 6.07) is 8.23. The monoisotopic (exact) mass is 479 g/mol. The van der Waals surface area contributed by atoms with Crippen LogP contribution in [0.15, 0.2) is 36.4 Å². The fraction of sp³-hybridized carbons (Fsp3) is 0.158. The van der Waals surface area contributed by atoms with Crippen molar-refractivity contribution in [3.63, 3.8) is 0 Å². The Balaban J connectivity index is 0.00000256. The van der Waals surface area contributed by atoms with Gasteiger partial charge < -0.3 is 38.2 Å². The fourth-order valence-corrected chi connectivity index (χ4v) is 3.23. The number of aromatic hydroxyl groups is 1. The molecule has 0 radical (unpaired) electrons. The number of phenols is 1. The van der Waals surface area contributed by atoms with Crippen LogP contribution in [0.5, 0.6) is 28.7 Å². The number of ether oxygens (including phenoxy) is 3. The molecule has 0 unspecified atom stereocenters. The molecule has 0 amide bonds. The van der Waals surface area contributed by atoms with E-state index in [1.54, 1.807) is 0 Å². The Morgan fingerprint density at radius 1 is 0.938 bits per heavy atom. The van der Waals surface area contributed by atoms with Crippen molar-refractivity contribution >= 4 is 24.5 Å². The van der Waals surface area contributed by atoms with E-state index in [1.165, 1.54) is 57.7 Å². The Bertz CT molecular complexity index is 1160. The van der Waals surface area contributed by atoms with Crippen LogP contribution in [0.1, 0.15) is 16.1 Å². The van der Waals surface area contributed by atoms with Crippen molar-refractivity contribution < 1.29 is 102 Å². The zero-order valence-corrected chi connectivity index (χ0v) is 23.0. The van der Waals surface area contributed by atoms with E-state index in [2.05, 4.69) is 9.51 Å².